The summed E-state index contributed by atoms with van der Waals surface area (Å²) in [5.41, 5.74) is 2.72. The maximum atomic E-state index is 13.4. The summed E-state index contributed by atoms with van der Waals surface area (Å²) in [5, 5.41) is 8.56. The maximum Gasteiger partial charge on any atom is 0.419 e. The van der Waals surface area contributed by atoms with Gasteiger partial charge in [-0.05, 0) is 61.0 Å². The van der Waals surface area contributed by atoms with Crippen LogP contribution >= 0.6 is 0 Å². The van der Waals surface area contributed by atoms with Gasteiger partial charge in [-0.3, -0.25) is 15.0 Å². The summed E-state index contributed by atoms with van der Waals surface area (Å²) in [7, 11) is 5.00. The van der Waals surface area contributed by atoms with E-state index in [9.17, 15) is 22.8 Å². The molecule has 0 spiro atoms. The fourth-order valence-electron chi connectivity index (χ4n) is 4.54. The number of hydrogen-bond acceptors (Lipinski definition) is 7. The molecule has 5 rings (SSSR count). The summed E-state index contributed by atoms with van der Waals surface area (Å²) in [6.45, 7) is 1.96. The molecule has 10 nitrogen and oxygen atoms in total. The van der Waals surface area contributed by atoms with E-state index in [4.69, 9.17) is 4.74 Å². The van der Waals surface area contributed by atoms with Gasteiger partial charge in [-0.1, -0.05) is 12.1 Å². The number of ether oxygens (including phenoxy) is 1. The predicted octanol–water partition coefficient (Wildman–Crippen LogP) is 6.43. The zero-order valence-electron chi connectivity index (χ0n) is 23.7. The first-order valence-corrected chi connectivity index (χ1v) is 13.1. The number of carbonyl (C=O) groups excluding carboxylic acids is 2. The molecule has 0 atom stereocenters. The number of aromatic nitrogens is 2. The average molecular weight is 592 g/mol. The third kappa shape index (κ3) is 6.30. The van der Waals surface area contributed by atoms with Crippen molar-refractivity contribution >= 4 is 46.5 Å². The molecule has 3 N–H and O–H groups in total. The number of amides is 3. The Labute approximate surface area is 245 Å². The van der Waals surface area contributed by atoms with E-state index in [0.717, 1.165) is 36.2 Å². The zero-order chi connectivity index (χ0) is 30.9. The molecule has 3 amide bonds. The molecule has 0 saturated carbocycles. The minimum Gasteiger partial charge on any atom is -0.496 e. The van der Waals surface area contributed by atoms with E-state index in [1.54, 1.807) is 31.3 Å². The van der Waals surface area contributed by atoms with Crippen LogP contribution in [0.5, 0.6) is 5.75 Å². The van der Waals surface area contributed by atoms with Crippen LogP contribution in [0, 0.1) is 6.92 Å². The van der Waals surface area contributed by atoms with E-state index in [1.165, 1.54) is 11.0 Å². The fourth-order valence-corrected chi connectivity index (χ4v) is 4.54. The molecule has 1 aliphatic rings. The van der Waals surface area contributed by atoms with Gasteiger partial charge < -0.3 is 20.3 Å². The molecule has 43 heavy (non-hydrogen) atoms. The molecule has 1 aromatic heterocycles. The average Bonchev–Trinajstić information content (AvgIpc) is 2.97. The minimum atomic E-state index is -4.70. The Morgan fingerprint density at radius 1 is 1.07 bits per heavy atom. The largest absolute Gasteiger partial charge is 0.496 e. The summed E-state index contributed by atoms with van der Waals surface area (Å²) in [4.78, 5) is 38.4. The molecule has 0 saturated heterocycles. The van der Waals surface area contributed by atoms with E-state index < -0.39 is 23.7 Å². The van der Waals surface area contributed by atoms with Crippen molar-refractivity contribution in [2.24, 2.45) is 0 Å². The third-order valence-electron chi connectivity index (χ3n) is 6.81. The van der Waals surface area contributed by atoms with Crippen molar-refractivity contribution in [3.63, 3.8) is 0 Å². The fraction of sp³-hybridized carbons (Fsp3) is 0.200. The molecule has 2 heterocycles. The van der Waals surface area contributed by atoms with Crippen molar-refractivity contribution in [3.05, 3.63) is 89.1 Å². The van der Waals surface area contributed by atoms with Crippen LogP contribution in [0.1, 0.15) is 27.0 Å². The van der Waals surface area contributed by atoms with Gasteiger partial charge in [0.15, 0.2) is 0 Å². The summed E-state index contributed by atoms with van der Waals surface area (Å²) in [5.74, 6) is -0.453. The number of nitrogens with zero attached hydrogens (tertiary/aromatic N) is 4. The molecule has 4 aromatic rings. The molecule has 222 valence electrons. The second-order valence-electron chi connectivity index (χ2n) is 10.0. The number of benzene rings is 3. The van der Waals surface area contributed by atoms with Gasteiger partial charge in [-0.15, -0.1) is 0 Å². The highest BCUT2D eigenvalue weighted by Gasteiger charge is 2.35. The molecule has 1 aliphatic heterocycles. The zero-order valence-corrected chi connectivity index (χ0v) is 23.7. The van der Waals surface area contributed by atoms with Gasteiger partial charge in [0.05, 0.1) is 24.9 Å². The molecular weight excluding hydrogens is 563 g/mol. The SMILES string of the molecule is COc1ccc(C(=O)Nc2ccc(C)c(N3Cc4cnc(Nc5cccc(N(C)C)c5)nc4NC3=O)c2)cc1C(F)(F)F. The van der Waals surface area contributed by atoms with Crippen LogP contribution in [-0.2, 0) is 12.7 Å². The Morgan fingerprint density at radius 3 is 2.58 bits per heavy atom. The van der Waals surface area contributed by atoms with E-state index >= 15 is 0 Å². The van der Waals surface area contributed by atoms with Crippen LogP contribution in [0.2, 0.25) is 0 Å². The van der Waals surface area contributed by atoms with Crippen molar-refractivity contribution in [2.75, 3.05) is 47.0 Å². The first-order chi connectivity index (χ1) is 20.4. The van der Waals surface area contributed by atoms with E-state index in [-0.39, 0.29) is 17.9 Å². The van der Waals surface area contributed by atoms with E-state index in [1.807, 2.05) is 43.3 Å². The van der Waals surface area contributed by atoms with Crippen molar-refractivity contribution in [1.82, 2.24) is 9.97 Å². The maximum absolute atomic E-state index is 13.4. The summed E-state index contributed by atoms with van der Waals surface area (Å²) >= 11 is 0. The van der Waals surface area contributed by atoms with Gasteiger partial charge in [0.1, 0.15) is 11.6 Å². The number of aryl methyl sites for hydroxylation is 1. The third-order valence-corrected chi connectivity index (χ3v) is 6.81. The van der Waals surface area contributed by atoms with Gasteiger partial charge in [0.25, 0.3) is 5.91 Å². The van der Waals surface area contributed by atoms with E-state index in [2.05, 4.69) is 25.9 Å². The highest BCUT2D eigenvalue weighted by molar-refractivity contribution is 6.06. The van der Waals surface area contributed by atoms with Crippen LogP contribution in [0.15, 0.2) is 66.9 Å². The second kappa shape index (κ2) is 11.5. The highest BCUT2D eigenvalue weighted by atomic mass is 19.4. The number of rotatable bonds is 7. The van der Waals surface area contributed by atoms with Gasteiger partial charge in [0.2, 0.25) is 5.95 Å². The van der Waals surface area contributed by atoms with Gasteiger partial charge in [-0.25, -0.2) is 9.78 Å². The second-order valence-corrected chi connectivity index (χ2v) is 10.0. The number of fused-ring (bicyclic) bond motifs is 1. The smallest absolute Gasteiger partial charge is 0.419 e. The van der Waals surface area contributed by atoms with Crippen molar-refractivity contribution in [2.45, 2.75) is 19.6 Å². The number of alkyl halides is 3. The Hall–Kier alpha value is -5.33. The van der Waals surface area contributed by atoms with Crippen molar-refractivity contribution < 1.29 is 27.5 Å². The molecule has 3 aromatic carbocycles. The van der Waals surface area contributed by atoms with Crippen LogP contribution in [0.3, 0.4) is 0 Å². The summed E-state index contributed by atoms with van der Waals surface area (Å²) in [6.07, 6.45) is -3.08. The number of hydrogen-bond donors (Lipinski definition) is 3. The lowest BCUT2D eigenvalue weighted by molar-refractivity contribution is -0.138. The Bertz CT molecular complexity index is 1710. The quantitative estimate of drug-likeness (QED) is 0.227. The van der Waals surface area contributed by atoms with Gasteiger partial charge >= 0.3 is 12.2 Å². The summed E-state index contributed by atoms with van der Waals surface area (Å²) in [6, 6.07) is 15.2. The molecule has 0 bridgehead atoms. The highest BCUT2D eigenvalue weighted by Crippen LogP contribution is 2.37. The number of halogens is 3. The first kappa shape index (κ1) is 29.2. The molecule has 13 heteroatoms. The van der Waals surface area contributed by atoms with Crippen LogP contribution < -0.4 is 30.5 Å². The number of nitrogens with one attached hydrogen (secondary N) is 3. The van der Waals surface area contributed by atoms with Crippen LogP contribution in [-0.4, -0.2) is 43.1 Å². The van der Waals surface area contributed by atoms with Crippen LogP contribution in [0.25, 0.3) is 0 Å². The molecule has 0 unspecified atom stereocenters. The Kier molecular flexibility index (Phi) is 7.81. The monoisotopic (exact) mass is 591 g/mol. The standard InChI is InChI=1S/C30H28F3N7O3/c1-17-8-10-21(35-27(41)18-9-11-25(43-4)23(12-18)30(31,32)33)14-24(17)40-16-19-15-34-28(37-26(19)38-29(40)42)36-20-6-5-7-22(13-20)39(2)3/h5-15H,16H2,1-4H3,(H,35,41)(H2,34,36,37,38,42). The Balaban J connectivity index is 1.34. The lowest BCUT2D eigenvalue weighted by atomic mass is 10.1. The number of methoxy groups -OCH3 is 1. The van der Waals surface area contributed by atoms with Crippen molar-refractivity contribution in [3.8, 4) is 5.75 Å². The molecule has 0 radical (unpaired) electrons. The van der Waals surface area contributed by atoms with E-state index in [0.29, 0.717) is 28.7 Å². The summed E-state index contributed by atoms with van der Waals surface area (Å²) < 4.78 is 45.1. The number of anilines is 6. The Morgan fingerprint density at radius 2 is 1.86 bits per heavy atom. The van der Waals surface area contributed by atoms with Gasteiger partial charge in [0, 0.05) is 48.5 Å². The topological polar surface area (TPSA) is 112 Å². The van der Waals surface area contributed by atoms with Crippen molar-refractivity contribution in [1.29, 1.82) is 0 Å². The number of carbonyl (C=O) groups is 2. The molecule has 0 fully saturated rings. The van der Waals surface area contributed by atoms with Crippen LogP contribution in [0.4, 0.5) is 52.5 Å². The predicted molar refractivity (Wildman–Crippen MR) is 158 cm³/mol. The van der Waals surface area contributed by atoms with Gasteiger partial charge in [-0.2, -0.15) is 18.2 Å². The molecular formula is C30H28F3N7O3. The minimum absolute atomic E-state index is 0.156. The normalized spacial score (nSPS) is 12.7. The molecule has 0 aliphatic carbocycles. The first-order valence-electron chi connectivity index (χ1n) is 13.1. The lowest BCUT2D eigenvalue weighted by Crippen LogP contribution is -2.39. The number of urea groups is 1. The lowest BCUT2D eigenvalue weighted by Gasteiger charge is -2.30.